The van der Waals surface area contributed by atoms with Crippen LogP contribution in [0.15, 0.2) is 110 Å². The maximum absolute atomic E-state index is 13.9. The van der Waals surface area contributed by atoms with Gasteiger partial charge in [-0.2, -0.15) is 0 Å². The van der Waals surface area contributed by atoms with Crippen molar-refractivity contribution in [2.75, 3.05) is 25.6 Å². The zero-order valence-corrected chi connectivity index (χ0v) is 35.8. The van der Waals surface area contributed by atoms with Crippen LogP contribution in [0.2, 0.25) is 0 Å². The SMILES string of the molecule is C=CC(=O)COC(=O)c1ccc(Oc2ccc(C(=O)OCC(=O)C=C)c(C(=O)Nc3ccc(C(=O)OC45CC6CC(CC(OC(=O)c7ccc(C)cc7)(C6)C4)C5)cc3)c2)cc1C(=O)NC. The maximum Gasteiger partial charge on any atom is 0.339 e. The standard InChI is InChI=1S/C50H46N2O13/c1-5-35(53)26-61-47(59)39-17-15-37(20-41(39)43(55)51-4)63-38-16-18-40(48(60)62-27-36(54)6-2)42(21-38)44(56)52-34-13-11-33(12-14-34)46(58)65-50-24-30-19-31(25-50)23-49(22-30,28-50)64-45(57)32-9-7-29(3)8-10-32/h5-18,20-21,30-31H,1-2,19,22-28H2,3-4H3,(H,51,55)(H,52,56). The highest BCUT2D eigenvalue weighted by atomic mass is 16.6. The van der Waals surface area contributed by atoms with Gasteiger partial charge in [0, 0.05) is 19.2 Å². The molecule has 2 unspecified atom stereocenters. The molecule has 4 bridgehead atoms. The minimum absolute atomic E-state index is 0.0260. The molecule has 2 atom stereocenters. The van der Waals surface area contributed by atoms with Crippen molar-refractivity contribution in [2.24, 2.45) is 11.8 Å². The lowest BCUT2D eigenvalue weighted by molar-refractivity contribution is -0.200. The second-order valence-corrected chi connectivity index (χ2v) is 16.6. The number of ether oxygens (including phenoxy) is 5. The van der Waals surface area contributed by atoms with E-state index in [1.165, 1.54) is 67.7 Å². The van der Waals surface area contributed by atoms with E-state index >= 15 is 0 Å². The predicted octanol–water partition coefficient (Wildman–Crippen LogP) is 7.33. The predicted molar refractivity (Wildman–Crippen MR) is 234 cm³/mol. The monoisotopic (exact) mass is 882 g/mol. The molecule has 8 rings (SSSR count). The Morgan fingerprint density at radius 1 is 0.600 bits per heavy atom. The lowest BCUT2D eigenvalue weighted by Crippen LogP contribution is -2.61. The highest BCUT2D eigenvalue weighted by Gasteiger charge is 2.61. The molecule has 15 nitrogen and oxygen atoms in total. The van der Waals surface area contributed by atoms with Gasteiger partial charge >= 0.3 is 23.9 Å². The fraction of sp³-hybridized carbons (Fsp3) is 0.280. The number of ketones is 2. The molecule has 65 heavy (non-hydrogen) atoms. The maximum atomic E-state index is 13.9. The van der Waals surface area contributed by atoms with Gasteiger partial charge in [-0.15, -0.1) is 0 Å². The summed E-state index contributed by atoms with van der Waals surface area (Å²) < 4.78 is 28.7. The molecule has 4 aliphatic carbocycles. The molecule has 0 aromatic heterocycles. The van der Waals surface area contributed by atoms with Crippen molar-refractivity contribution in [3.8, 4) is 11.5 Å². The van der Waals surface area contributed by atoms with Crippen LogP contribution in [0.3, 0.4) is 0 Å². The second-order valence-electron chi connectivity index (χ2n) is 16.6. The molecule has 15 heteroatoms. The van der Waals surface area contributed by atoms with Crippen molar-refractivity contribution in [2.45, 2.75) is 56.7 Å². The zero-order valence-electron chi connectivity index (χ0n) is 35.8. The van der Waals surface area contributed by atoms with Crippen molar-refractivity contribution in [1.82, 2.24) is 5.32 Å². The molecule has 2 N–H and O–H groups in total. The van der Waals surface area contributed by atoms with Crippen LogP contribution in [0.5, 0.6) is 11.5 Å². The van der Waals surface area contributed by atoms with Crippen LogP contribution < -0.4 is 15.4 Å². The molecule has 4 fully saturated rings. The van der Waals surface area contributed by atoms with E-state index in [4.69, 9.17) is 23.7 Å². The first-order valence-corrected chi connectivity index (χ1v) is 20.9. The third-order valence-corrected chi connectivity index (χ3v) is 11.8. The Hall–Kier alpha value is -7.68. The van der Waals surface area contributed by atoms with Gasteiger partial charge in [0.25, 0.3) is 11.8 Å². The number of amides is 2. The van der Waals surface area contributed by atoms with Crippen LogP contribution in [-0.2, 0) is 28.5 Å². The summed E-state index contributed by atoms with van der Waals surface area (Å²) in [5.41, 5.74) is -0.256. The van der Waals surface area contributed by atoms with Gasteiger partial charge in [0.05, 0.1) is 33.4 Å². The van der Waals surface area contributed by atoms with E-state index in [0.717, 1.165) is 37.0 Å². The topological polar surface area (TPSA) is 207 Å². The van der Waals surface area contributed by atoms with Crippen molar-refractivity contribution < 1.29 is 62.0 Å². The van der Waals surface area contributed by atoms with Crippen LogP contribution >= 0.6 is 0 Å². The van der Waals surface area contributed by atoms with Crippen LogP contribution in [0.4, 0.5) is 5.69 Å². The van der Waals surface area contributed by atoms with Gasteiger partial charge in [0.15, 0.2) is 24.8 Å². The third-order valence-electron chi connectivity index (χ3n) is 11.8. The number of carbonyl (C=O) groups is 8. The number of nitrogens with one attached hydrogen (secondary N) is 2. The van der Waals surface area contributed by atoms with Crippen molar-refractivity contribution in [1.29, 1.82) is 0 Å². The van der Waals surface area contributed by atoms with Gasteiger partial charge in [-0.05, 0) is 136 Å². The molecule has 4 saturated carbocycles. The molecule has 4 aromatic carbocycles. The molecule has 0 radical (unpaired) electrons. The minimum Gasteiger partial charge on any atom is -0.457 e. The average molecular weight is 883 g/mol. The Kier molecular flexibility index (Phi) is 13.2. The molecule has 0 heterocycles. The zero-order chi connectivity index (χ0) is 46.5. The number of hydrogen-bond donors (Lipinski definition) is 2. The summed E-state index contributed by atoms with van der Waals surface area (Å²) in [7, 11) is 1.35. The fourth-order valence-corrected chi connectivity index (χ4v) is 9.15. The van der Waals surface area contributed by atoms with Crippen molar-refractivity contribution in [3.05, 3.63) is 149 Å². The van der Waals surface area contributed by atoms with Gasteiger partial charge in [-0.1, -0.05) is 30.9 Å². The number of benzene rings is 4. The van der Waals surface area contributed by atoms with Crippen LogP contribution in [0, 0.1) is 18.8 Å². The molecule has 0 aliphatic heterocycles. The number of rotatable bonds is 17. The number of aryl methyl sites for hydroxylation is 1. The number of anilines is 1. The number of hydrogen-bond acceptors (Lipinski definition) is 13. The van der Waals surface area contributed by atoms with E-state index in [9.17, 15) is 38.4 Å². The molecule has 4 aromatic rings. The van der Waals surface area contributed by atoms with E-state index in [0.29, 0.717) is 24.8 Å². The molecular weight excluding hydrogens is 837 g/mol. The molecule has 0 saturated heterocycles. The summed E-state index contributed by atoms with van der Waals surface area (Å²) in [5, 5.41) is 5.13. The Morgan fingerprint density at radius 2 is 1.05 bits per heavy atom. The Bertz CT molecular complexity index is 2600. The number of carbonyl (C=O) groups excluding carboxylic acids is 8. The van der Waals surface area contributed by atoms with Crippen molar-refractivity contribution >= 4 is 52.9 Å². The lowest BCUT2D eigenvalue weighted by atomic mass is 9.52. The number of esters is 4. The highest BCUT2D eigenvalue weighted by molar-refractivity contribution is 6.12. The van der Waals surface area contributed by atoms with E-state index in [-0.39, 0.29) is 62.8 Å². The van der Waals surface area contributed by atoms with E-state index in [1.54, 1.807) is 12.1 Å². The Labute approximate surface area is 374 Å². The first-order valence-electron chi connectivity index (χ1n) is 20.9. The quantitative estimate of drug-likeness (QED) is 0.0606. The molecule has 2 amide bonds. The minimum atomic E-state index is -0.994. The first kappa shape index (κ1) is 45.3. The van der Waals surface area contributed by atoms with Crippen molar-refractivity contribution in [3.63, 3.8) is 0 Å². The van der Waals surface area contributed by atoms with Crippen LogP contribution in [0.25, 0.3) is 0 Å². The van der Waals surface area contributed by atoms with Gasteiger partial charge < -0.3 is 34.3 Å². The summed E-state index contributed by atoms with van der Waals surface area (Å²) in [5.74, 6) is -4.87. The summed E-state index contributed by atoms with van der Waals surface area (Å²) in [6.45, 7) is 7.44. The van der Waals surface area contributed by atoms with Gasteiger partial charge in [-0.3, -0.25) is 19.2 Å². The fourth-order valence-electron chi connectivity index (χ4n) is 9.15. The second kappa shape index (κ2) is 19.0. The summed E-state index contributed by atoms with van der Waals surface area (Å²) in [6, 6.07) is 21.0. The lowest BCUT2D eigenvalue weighted by Gasteiger charge is -2.60. The first-order chi connectivity index (χ1) is 31.1. The largest absolute Gasteiger partial charge is 0.457 e. The van der Waals surface area contributed by atoms with Crippen LogP contribution in [0.1, 0.15) is 106 Å². The van der Waals surface area contributed by atoms with E-state index in [2.05, 4.69) is 23.8 Å². The van der Waals surface area contributed by atoms with E-state index in [1.807, 2.05) is 19.1 Å². The summed E-state index contributed by atoms with van der Waals surface area (Å²) >= 11 is 0. The Morgan fingerprint density at radius 3 is 1.49 bits per heavy atom. The molecule has 0 spiro atoms. The van der Waals surface area contributed by atoms with Crippen LogP contribution in [-0.4, -0.2) is 78.7 Å². The Balaban J connectivity index is 1.07. The normalized spacial score (nSPS) is 20.0. The van der Waals surface area contributed by atoms with Gasteiger partial charge in [-0.25, -0.2) is 19.2 Å². The van der Waals surface area contributed by atoms with Gasteiger partial charge in [0.1, 0.15) is 22.7 Å². The summed E-state index contributed by atoms with van der Waals surface area (Å²) in [4.78, 5) is 103. The van der Waals surface area contributed by atoms with E-state index < -0.39 is 65.7 Å². The smallest absolute Gasteiger partial charge is 0.339 e. The molecule has 4 aliphatic rings. The summed E-state index contributed by atoms with van der Waals surface area (Å²) in [6.07, 6.45) is 6.19. The third kappa shape index (κ3) is 10.4. The molecular formula is C50H46N2O13. The van der Waals surface area contributed by atoms with Gasteiger partial charge in [0.2, 0.25) is 0 Å². The highest BCUT2D eigenvalue weighted by Crippen LogP contribution is 2.60. The molecule has 334 valence electrons. The average Bonchev–Trinajstić information content (AvgIpc) is 3.28.